The molecule has 5 heterocycles. The molecule has 0 saturated carbocycles. The number of benzene rings is 1. The molecule has 2 fully saturated rings. The Labute approximate surface area is 210 Å². The second-order valence-corrected chi connectivity index (χ2v) is 10.3. The van der Waals surface area contributed by atoms with E-state index in [9.17, 15) is 14.7 Å². The molecule has 1 aromatic carbocycles. The minimum absolute atomic E-state index is 0.0310. The van der Waals surface area contributed by atoms with Crippen LogP contribution in [0.4, 0.5) is 4.79 Å². The Hall–Kier alpha value is -3.39. The third-order valence-corrected chi connectivity index (χ3v) is 8.18. The first-order valence-electron chi connectivity index (χ1n) is 13.0. The van der Waals surface area contributed by atoms with Crippen LogP contribution < -0.4 is 0 Å². The molecule has 6 rings (SSSR count). The Kier molecular flexibility index (Phi) is 5.91. The molecule has 8 nitrogen and oxygen atoms in total. The van der Waals surface area contributed by atoms with Crippen molar-refractivity contribution in [3.8, 4) is 11.1 Å². The normalized spacial score (nSPS) is 20.6. The maximum atomic E-state index is 13.3. The zero-order valence-electron chi connectivity index (χ0n) is 20.6. The van der Waals surface area contributed by atoms with Gasteiger partial charge in [0.2, 0.25) is 5.91 Å². The van der Waals surface area contributed by atoms with E-state index in [0.29, 0.717) is 32.8 Å². The first kappa shape index (κ1) is 23.0. The molecule has 36 heavy (non-hydrogen) atoms. The molecular formula is C28H32N4O4. The van der Waals surface area contributed by atoms with Crippen molar-refractivity contribution in [2.45, 2.75) is 51.6 Å². The van der Waals surface area contributed by atoms with Crippen molar-refractivity contribution in [3.05, 3.63) is 52.8 Å². The number of hydrogen-bond donors (Lipinski definition) is 2. The van der Waals surface area contributed by atoms with E-state index in [2.05, 4.69) is 35.1 Å². The molecule has 3 aliphatic heterocycles. The van der Waals surface area contributed by atoms with Crippen LogP contribution in [-0.4, -0.2) is 63.2 Å². The van der Waals surface area contributed by atoms with Crippen LogP contribution in [0.15, 0.2) is 30.6 Å². The Bertz CT molecular complexity index is 1330. The molecule has 8 heteroatoms. The van der Waals surface area contributed by atoms with Gasteiger partial charge in [0.15, 0.2) is 0 Å². The summed E-state index contributed by atoms with van der Waals surface area (Å²) in [5.41, 5.74) is 7.44. The van der Waals surface area contributed by atoms with Gasteiger partial charge in [-0.25, -0.2) is 9.78 Å². The zero-order valence-corrected chi connectivity index (χ0v) is 20.6. The number of H-pyrrole nitrogens is 1. The quantitative estimate of drug-likeness (QED) is 0.559. The molecule has 188 valence electrons. The lowest BCUT2D eigenvalue weighted by molar-refractivity contribution is -0.139. The lowest BCUT2D eigenvalue weighted by Crippen LogP contribution is -2.42. The van der Waals surface area contributed by atoms with Crippen LogP contribution in [0.2, 0.25) is 0 Å². The summed E-state index contributed by atoms with van der Waals surface area (Å²) in [6, 6.07) is 6.36. The number of carbonyl (C=O) groups excluding carboxylic acids is 1. The number of rotatable bonds is 3. The third kappa shape index (κ3) is 4.03. The molecule has 3 aromatic rings. The summed E-state index contributed by atoms with van der Waals surface area (Å²) in [5.74, 6) is 0.249. The maximum Gasteiger partial charge on any atom is 0.407 e. The maximum absolute atomic E-state index is 13.3. The summed E-state index contributed by atoms with van der Waals surface area (Å²) in [5, 5.41) is 10.9. The van der Waals surface area contributed by atoms with Gasteiger partial charge < -0.3 is 24.6 Å². The first-order chi connectivity index (χ1) is 17.5. The second kappa shape index (κ2) is 9.24. The molecule has 0 radical (unpaired) electrons. The molecule has 0 bridgehead atoms. The van der Waals surface area contributed by atoms with E-state index in [4.69, 9.17) is 4.74 Å². The predicted molar refractivity (Wildman–Crippen MR) is 136 cm³/mol. The van der Waals surface area contributed by atoms with Gasteiger partial charge in [-0.05, 0) is 85.0 Å². The van der Waals surface area contributed by atoms with E-state index in [1.165, 1.54) is 5.56 Å². The number of fused-ring (bicyclic) bond motifs is 2. The van der Waals surface area contributed by atoms with Crippen LogP contribution in [0, 0.1) is 12.8 Å². The minimum atomic E-state index is -0.866. The molecule has 2 N–H and O–H groups in total. The Morgan fingerprint density at radius 1 is 1.11 bits per heavy atom. The number of amides is 2. The molecule has 1 atom stereocenters. The number of nitrogens with zero attached hydrogens (tertiary/aromatic N) is 3. The van der Waals surface area contributed by atoms with Crippen molar-refractivity contribution < 1.29 is 19.4 Å². The highest BCUT2D eigenvalue weighted by Crippen LogP contribution is 2.40. The van der Waals surface area contributed by atoms with Crippen LogP contribution in [0.1, 0.15) is 54.0 Å². The zero-order chi connectivity index (χ0) is 24.8. The van der Waals surface area contributed by atoms with E-state index < -0.39 is 6.09 Å². The predicted octanol–water partition coefficient (Wildman–Crippen LogP) is 4.66. The molecule has 3 aliphatic rings. The van der Waals surface area contributed by atoms with Gasteiger partial charge in [0.1, 0.15) is 5.65 Å². The van der Waals surface area contributed by atoms with Crippen LogP contribution in [-0.2, 0) is 22.5 Å². The summed E-state index contributed by atoms with van der Waals surface area (Å²) < 4.78 is 5.46. The Balaban J connectivity index is 1.41. The molecular weight excluding hydrogens is 456 g/mol. The molecule has 0 spiro atoms. The van der Waals surface area contributed by atoms with Crippen LogP contribution >= 0.6 is 0 Å². The number of ether oxygens (including phenoxy) is 1. The third-order valence-electron chi connectivity index (χ3n) is 8.18. The number of hydrogen-bond acceptors (Lipinski definition) is 4. The van der Waals surface area contributed by atoms with Crippen molar-refractivity contribution in [1.82, 2.24) is 19.8 Å². The van der Waals surface area contributed by atoms with E-state index >= 15 is 0 Å². The monoisotopic (exact) mass is 488 g/mol. The van der Waals surface area contributed by atoms with Crippen molar-refractivity contribution in [2.75, 3.05) is 26.3 Å². The largest absolute Gasteiger partial charge is 0.465 e. The lowest BCUT2D eigenvalue weighted by Gasteiger charge is -2.35. The van der Waals surface area contributed by atoms with Crippen LogP contribution in [0.3, 0.4) is 0 Å². The molecule has 2 saturated heterocycles. The standard InChI is InChI=1S/C28H32N4O4/c1-17-14-29-26-23(17)13-20(15-30-26)19-11-21-16-31(27(33)18-5-9-36-10-6-18)8-4-22(21)24(12-19)25-3-2-7-32(25)28(34)35/h11-15,18,25H,2-10,16H2,1H3,(H,29,30)(H,34,35)/t25-/m0/s1. The fraction of sp³-hybridized carbons (Fsp3) is 0.464. The highest BCUT2D eigenvalue weighted by Gasteiger charge is 2.35. The minimum Gasteiger partial charge on any atom is -0.465 e. The average Bonchev–Trinajstić information content (AvgIpc) is 3.55. The van der Waals surface area contributed by atoms with Gasteiger partial charge in [0.25, 0.3) is 0 Å². The number of carboxylic acid groups (broad SMARTS) is 1. The van der Waals surface area contributed by atoms with E-state index in [0.717, 1.165) is 71.0 Å². The Morgan fingerprint density at radius 2 is 1.94 bits per heavy atom. The van der Waals surface area contributed by atoms with Crippen molar-refractivity contribution in [3.63, 3.8) is 0 Å². The number of aromatic amines is 1. The second-order valence-electron chi connectivity index (χ2n) is 10.3. The number of carbonyl (C=O) groups is 2. The van der Waals surface area contributed by atoms with E-state index in [-0.39, 0.29) is 17.9 Å². The summed E-state index contributed by atoms with van der Waals surface area (Å²) in [6.07, 6.45) is 6.97. The summed E-state index contributed by atoms with van der Waals surface area (Å²) in [6.45, 7) is 5.15. The highest BCUT2D eigenvalue weighted by atomic mass is 16.5. The number of nitrogens with one attached hydrogen (secondary N) is 1. The number of aromatic nitrogens is 2. The molecule has 2 amide bonds. The van der Waals surface area contributed by atoms with Crippen molar-refractivity contribution in [2.24, 2.45) is 5.92 Å². The van der Waals surface area contributed by atoms with Gasteiger partial charge in [-0.15, -0.1) is 0 Å². The van der Waals surface area contributed by atoms with Gasteiger partial charge in [-0.1, -0.05) is 0 Å². The summed E-state index contributed by atoms with van der Waals surface area (Å²) in [7, 11) is 0. The number of pyridine rings is 1. The average molecular weight is 489 g/mol. The topological polar surface area (TPSA) is 98.8 Å². The number of likely N-dealkylation sites (tertiary alicyclic amines) is 1. The number of aryl methyl sites for hydroxylation is 1. The first-order valence-corrected chi connectivity index (χ1v) is 13.0. The van der Waals surface area contributed by atoms with E-state index in [1.807, 2.05) is 17.3 Å². The van der Waals surface area contributed by atoms with Gasteiger partial charge in [-0.3, -0.25) is 4.79 Å². The summed E-state index contributed by atoms with van der Waals surface area (Å²) >= 11 is 0. The van der Waals surface area contributed by atoms with Crippen LogP contribution in [0.5, 0.6) is 0 Å². The van der Waals surface area contributed by atoms with E-state index in [1.54, 1.807) is 4.90 Å². The molecule has 0 unspecified atom stereocenters. The SMILES string of the molecule is Cc1c[nH]c2ncc(-c3cc4c(c([C@@H]5CCCN5C(=O)O)c3)CCN(C(=O)C3CCOCC3)C4)cc12. The van der Waals surface area contributed by atoms with Gasteiger partial charge in [0.05, 0.1) is 6.04 Å². The fourth-order valence-corrected chi connectivity index (χ4v) is 6.20. The highest BCUT2D eigenvalue weighted by molar-refractivity contribution is 5.85. The van der Waals surface area contributed by atoms with Gasteiger partial charge in [-0.2, -0.15) is 0 Å². The van der Waals surface area contributed by atoms with Crippen LogP contribution in [0.25, 0.3) is 22.2 Å². The molecule has 2 aromatic heterocycles. The fourth-order valence-electron chi connectivity index (χ4n) is 6.20. The Morgan fingerprint density at radius 3 is 2.75 bits per heavy atom. The smallest absolute Gasteiger partial charge is 0.407 e. The van der Waals surface area contributed by atoms with Gasteiger partial charge >= 0.3 is 6.09 Å². The lowest BCUT2D eigenvalue weighted by atomic mass is 9.86. The van der Waals surface area contributed by atoms with Crippen molar-refractivity contribution >= 4 is 23.0 Å². The summed E-state index contributed by atoms with van der Waals surface area (Å²) in [4.78, 5) is 36.8. The van der Waals surface area contributed by atoms with Gasteiger partial charge in [0, 0.05) is 62.1 Å². The molecule has 0 aliphatic carbocycles. The van der Waals surface area contributed by atoms with Crippen molar-refractivity contribution in [1.29, 1.82) is 0 Å².